The standard InChI is InChI=1S/C21H28N4O2S/c1-16-7-6-12-24(13-16)20(27)15-28-21-22-17-8-2-3-9-18(17)25(21)14-19(26)23-10-4-5-11-23/h2-3,8-9,16H,4-7,10-15H2,1H3/t16-/m0/s1. The van der Waals surface area contributed by atoms with E-state index in [-0.39, 0.29) is 18.4 Å². The zero-order valence-electron chi connectivity index (χ0n) is 16.5. The normalized spacial score (nSPS) is 20.1. The van der Waals surface area contributed by atoms with E-state index < -0.39 is 0 Å². The highest BCUT2D eigenvalue weighted by atomic mass is 32.2. The molecule has 0 spiro atoms. The fourth-order valence-corrected chi connectivity index (χ4v) is 5.07. The van der Waals surface area contributed by atoms with Gasteiger partial charge in [0.15, 0.2) is 5.16 Å². The Morgan fingerprint density at radius 3 is 2.61 bits per heavy atom. The fourth-order valence-electron chi connectivity index (χ4n) is 4.15. The van der Waals surface area contributed by atoms with Crippen molar-refractivity contribution in [3.8, 4) is 0 Å². The van der Waals surface area contributed by atoms with Crippen molar-refractivity contribution in [1.29, 1.82) is 0 Å². The predicted molar refractivity (Wildman–Crippen MR) is 111 cm³/mol. The van der Waals surface area contributed by atoms with Gasteiger partial charge in [0.25, 0.3) is 0 Å². The fraction of sp³-hybridized carbons (Fsp3) is 0.571. The molecule has 2 aromatic rings. The average Bonchev–Trinajstić information content (AvgIpc) is 3.35. The summed E-state index contributed by atoms with van der Waals surface area (Å²) in [5.74, 6) is 1.25. The number of benzene rings is 1. The van der Waals surface area contributed by atoms with E-state index in [0.29, 0.717) is 11.7 Å². The summed E-state index contributed by atoms with van der Waals surface area (Å²) in [5.41, 5.74) is 1.83. The molecule has 7 heteroatoms. The van der Waals surface area contributed by atoms with Gasteiger partial charge in [0.05, 0.1) is 16.8 Å². The molecule has 2 saturated heterocycles. The predicted octanol–water partition coefficient (Wildman–Crippen LogP) is 3.01. The van der Waals surface area contributed by atoms with Crippen molar-refractivity contribution in [1.82, 2.24) is 19.4 Å². The van der Waals surface area contributed by atoms with Crippen molar-refractivity contribution >= 4 is 34.6 Å². The summed E-state index contributed by atoms with van der Waals surface area (Å²) < 4.78 is 1.98. The van der Waals surface area contributed by atoms with E-state index in [4.69, 9.17) is 4.98 Å². The van der Waals surface area contributed by atoms with Gasteiger partial charge in [-0.05, 0) is 43.7 Å². The van der Waals surface area contributed by atoms with Crippen LogP contribution < -0.4 is 0 Å². The Morgan fingerprint density at radius 2 is 1.82 bits per heavy atom. The first-order chi connectivity index (χ1) is 13.6. The maximum absolute atomic E-state index is 12.7. The molecule has 0 radical (unpaired) electrons. The monoisotopic (exact) mass is 400 g/mol. The number of nitrogens with zero attached hydrogens (tertiary/aromatic N) is 4. The SMILES string of the molecule is C[C@H]1CCCN(C(=O)CSc2nc3ccccc3n2CC(=O)N2CCCC2)C1. The molecule has 0 saturated carbocycles. The molecule has 0 unspecified atom stereocenters. The van der Waals surface area contributed by atoms with Gasteiger partial charge in [-0.3, -0.25) is 9.59 Å². The number of imidazole rings is 1. The van der Waals surface area contributed by atoms with Crippen molar-refractivity contribution in [2.75, 3.05) is 31.9 Å². The van der Waals surface area contributed by atoms with Crippen LogP contribution in [0.25, 0.3) is 11.0 Å². The van der Waals surface area contributed by atoms with Crippen molar-refractivity contribution in [3.63, 3.8) is 0 Å². The molecule has 4 rings (SSSR count). The maximum atomic E-state index is 12.7. The number of piperidine rings is 1. The summed E-state index contributed by atoms with van der Waals surface area (Å²) >= 11 is 1.45. The van der Waals surface area contributed by atoms with E-state index in [0.717, 1.165) is 61.6 Å². The average molecular weight is 401 g/mol. The van der Waals surface area contributed by atoms with E-state index in [9.17, 15) is 9.59 Å². The first-order valence-corrected chi connectivity index (χ1v) is 11.2. The van der Waals surface area contributed by atoms with Gasteiger partial charge in [0, 0.05) is 26.2 Å². The van der Waals surface area contributed by atoms with Crippen molar-refractivity contribution in [2.24, 2.45) is 5.92 Å². The number of thioether (sulfide) groups is 1. The van der Waals surface area contributed by atoms with Gasteiger partial charge in [-0.1, -0.05) is 30.8 Å². The molecule has 1 aromatic heterocycles. The van der Waals surface area contributed by atoms with Crippen LogP contribution in [-0.4, -0.2) is 63.1 Å². The van der Waals surface area contributed by atoms with Crippen LogP contribution in [0.4, 0.5) is 0 Å². The molecule has 0 aliphatic carbocycles. The summed E-state index contributed by atoms with van der Waals surface area (Å²) in [5, 5.41) is 0.757. The lowest BCUT2D eigenvalue weighted by atomic mass is 10.0. The van der Waals surface area contributed by atoms with Crippen LogP contribution in [0.2, 0.25) is 0 Å². The molecule has 2 fully saturated rings. The Morgan fingerprint density at radius 1 is 1.07 bits per heavy atom. The Labute approximate surface area is 170 Å². The molecule has 6 nitrogen and oxygen atoms in total. The number of carbonyl (C=O) groups excluding carboxylic acids is 2. The Hall–Kier alpha value is -2.02. The first kappa shape index (κ1) is 19.3. The number of amides is 2. The molecule has 3 heterocycles. The van der Waals surface area contributed by atoms with Crippen molar-refractivity contribution in [3.05, 3.63) is 24.3 Å². The van der Waals surface area contributed by atoms with Crippen LogP contribution in [-0.2, 0) is 16.1 Å². The molecule has 0 N–H and O–H groups in total. The number of hydrogen-bond acceptors (Lipinski definition) is 4. The maximum Gasteiger partial charge on any atom is 0.242 e. The van der Waals surface area contributed by atoms with Gasteiger partial charge in [-0.15, -0.1) is 0 Å². The van der Waals surface area contributed by atoms with Crippen molar-refractivity contribution in [2.45, 2.75) is 44.3 Å². The van der Waals surface area contributed by atoms with Gasteiger partial charge >= 0.3 is 0 Å². The van der Waals surface area contributed by atoms with E-state index in [1.807, 2.05) is 38.6 Å². The molecule has 2 aliphatic rings. The second-order valence-corrected chi connectivity index (χ2v) is 8.88. The van der Waals surface area contributed by atoms with Gasteiger partial charge < -0.3 is 14.4 Å². The molecule has 2 amide bonds. The van der Waals surface area contributed by atoms with Crippen LogP contribution >= 0.6 is 11.8 Å². The number of carbonyl (C=O) groups is 2. The van der Waals surface area contributed by atoms with Gasteiger partial charge in [0.1, 0.15) is 6.54 Å². The minimum atomic E-state index is 0.138. The van der Waals surface area contributed by atoms with E-state index in [2.05, 4.69) is 6.92 Å². The van der Waals surface area contributed by atoms with Gasteiger partial charge in [0.2, 0.25) is 11.8 Å². The molecule has 1 atom stereocenters. The smallest absolute Gasteiger partial charge is 0.242 e. The number of rotatable bonds is 5. The first-order valence-electron chi connectivity index (χ1n) is 10.3. The molecule has 1 aromatic carbocycles. The van der Waals surface area contributed by atoms with E-state index in [1.165, 1.54) is 18.2 Å². The van der Waals surface area contributed by atoms with Crippen LogP contribution in [0.5, 0.6) is 0 Å². The zero-order chi connectivity index (χ0) is 19.5. The highest BCUT2D eigenvalue weighted by Crippen LogP contribution is 2.26. The summed E-state index contributed by atoms with van der Waals surface area (Å²) in [6.45, 7) is 5.89. The van der Waals surface area contributed by atoms with Gasteiger partial charge in [-0.25, -0.2) is 4.98 Å². The number of likely N-dealkylation sites (tertiary alicyclic amines) is 2. The highest BCUT2D eigenvalue weighted by molar-refractivity contribution is 7.99. The minimum absolute atomic E-state index is 0.138. The summed E-state index contributed by atoms with van der Waals surface area (Å²) in [7, 11) is 0. The third kappa shape index (κ3) is 4.19. The lowest BCUT2D eigenvalue weighted by Crippen LogP contribution is -2.40. The summed E-state index contributed by atoms with van der Waals surface area (Å²) in [4.78, 5) is 34.0. The minimum Gasteiger partial charge on any atom is -0.342 e. The topological polar surface area (TPSA) is 58.4 Å². The number of para-hydroxylation sites is 2. The zero-order valence-corrected chi connectivity index (χ0v) is 17.3. The molecule has 28 heavy (non-hydrogen) atoms. The Balaban J connectivity index is 1.49. The van der Waals surface area contributed by atoms with Gasteiger partial charge in [-0.2, -0.15) is 0 Å². The number of aromatic nitrogens is 2. The molecular weight excluding hydrogens is 372 g/mol. The molecule has 150 valence electrons. The largest absolute Gasteiger partial charge is 0.342 e. The second-order valence-electron chi connectivity index (χ2n) is 7.93. The van der Waals surface area contributed by atoms with E-state index in [1.54, 1.807) is 0 Å². The second kappa shape index (κ2) is 8.55. The summed E-state index contributed by atoms with van der Waals surface area (Å²) in [6, 6.07) is 7.88. The third-order valence-corrected chi connectivity index (χ3v) is 6.67. The summed E-state index contributed by atoms with van der Waals surface area (Å²) in [6.07, 6.45) is 4.45. The number of fused-ring (bicyclic) bond motifs is 1. The third-order valence-electron chi connectivity index (χ3n) is 5.71. The lowest BCUT2D eigenvalue weighted by molar-refractivity contribution is -0.131. The van der Waals surface area contributed by atoms with E-state index >= 15 is 0 Å². The molecular formula is C21H28N4O2S. The van der Waals surface area contributed by atoms with Crippen LogP contribution in [0.15, 0.2) is 29.4 Å². The molecule has 2 aliphatic heterocycles. The quantitative estimate of drug-likeness (QED) is 0.724. The highest BCUT2D eigenvalue weighted by Gasteiger charge is 2.24. The number of hydrogen-bond donors (Lipinski definition) is 0. The van der Waals surface area contributed by atoms with Crippen molar-refractivity contribution < 1.29 is 9.59 Å². The Bertz CT molecular complexity index is 859. The van der Waals surface area contributed by atoms with Crippen LogP contribution in [0, 0.1) is 5.92 Å². The van der Waals surface area contributed by atoms with Crippen LogP contribution in [0.3, 0.4) is 0 Å². The van der Waals surface area contributed by atoms with Crippen LogP contribution in [0.1, 0.15) is 32.6 Å². The lowest BCUT2D eigenvalue weighted by Gasteiger charge is -2.30. The Kier molecular flexibility index (Phi) is 5.90. The molecule has 0 bridgehead atoms.